The Balaban J connectivity index is 2.10. The molecule has 0 fully saturated rings. The van der Waals surface area contributed by atoms with E-state index in [9.17, 15) is 26.4 Å². The Morgan fingerprint density at radius 3 is 2.24 bits per heavy atom. The minimum absolute atomic E-state index is 0.0640. The molecule has 2 aromatic rings. The van der Waals surface area contributed by atoms with E-state index >= 15 is 0 Å². The van der Waals surface area contributed by atoms with Crippen molar-refractivity contribution in [2.24, 2.45) is 0 Å². The molecule has 1 N–H and O–H groups in total. The molecule has 2 aromatic carbocycles. The van der Waals surface area contributed by atoms with E-state index in [1.165, 1.54) is 24.3 Å². The number of anilines is 1. The highest BCUT2D eigenvalue weighted by Gasteiger charge is 2.22. The highest BCUT2D eigenvalue weighted by molar-refractivity contribution is 7.92. The Bertz CT molecular complexity index is 871. The van der Waals surface area contributed by atoms with Gasteiger partial charge in [-0.1, -0.05) is 12.1 Å². The zero-order chi connectivity index (χ0) is 18.6. The van der Waals surface area contributed by atoms with Crippen molar-refractivity contribution in [1.29, 1.82) is 0 Å². The fourth-order valence-corrected chi connectivity index (χ4v) is 2.88. The Labute approximate surface area is 143 Å². The second kappa shape index (κ2) is 7.56. The molecule has 0 unspecified atom stereocenters. The lowest BCUT2D eigenvalue weighted by atomic mass is 10.2. The molecule has 25 heavy (non-hydrogen) atoms. The van der Waals surface area contributed by atoms with Crippen molar-refractivity contribution in [2.75, 3.05) is 17.1 Å². The van der Waals surface area contributed by atoms with Crippen molar-refractivity contribution in [1.82, 2.24) is 5.32 Å². The summed E-state index contributed by atoms with van der Waals surface area (Å²) in [6.45, 7) is -0.542. The summed E-state index contributed by atoms with van der Waals surface area (Å²) in [5.74, 6) is -3.42. The average molecular weight is 372 g/mol. The Kier molecular flexibility index (Phi) is 5.68. The first kappa shape index (κ1) is 18.8. The topological polar surface area (TPSA) is 66.5 Å². The van der Waals surface area contributed by atoms with Gasteiger partial charge in [-0.05, 0) is 29.8 Å². The summed E-state index contributed by atoms with van der Waals surface area (Å²) < 4.78 is 63.6. The van der Waals surface area contributed by atoms with E-state index in [0.29, 0.717) is 15.9 Å². The fraction of sp³-hybridized carbons (Fsp3) is 0.188. The molecule has 134 valence electrons. The minimum Gasteiger partial charge on any atom is -0.350 e. The number of sulfonamides is 1. The molecule has 1 amide bonds. The smallest absolute Gasteiger partial charge is 0.241 e. The first-order chi connectivity index (χ1) is 11.7. The molecule has 9 heteroatoms. The highest BCUT2D eigenvalue weighted by Crippen LogP contribution is 2.20. The van der Waals surface area contributed by atoms with Crippen LogP contribution in [0.15, 0.2) is 42.5 Å². The SMILES string of the molecule is CS(=O)(=O)N(CC(=O)NCc1ccc(F)cc1)c1ccc(F)c(F)c1. The molecular formula is C16H15F3N2O3S. The van der Waals surface area contributed by atoms with E-state index in [4.69, 9.17) is 0 Å². The molecule has 0 saturated carbocycles. The van der Waals surface area contributed by atoms with Gasteiger partial charge in [0.1, 0.15) is 12.4 Å². The van der Waals surface area contributed by atoms with Crippen molar-refractivity contribution >= 4 is 21.6 Å². The third-order valence-corrected chi connectivity index (χ3v) is 4.42. The van der Waals surface area contributed by atoms with E-state index < -0.39 is 39.9 Å². The number of hydrogen-bond donors (Lipinski definition) is 1. The van der Waals surface area contributed by atoms with Crippen LogP contribution in [-0.4, -0.2) is 27.1 Å². The van der Waals surface area contributed by atoms with Crippen LogP contribution in [0.1, 0.15) is 5.56 Å². The first-order valence-electron chi connectivity index (χ1n) is 7.11. The number of rotatable bonds is 6. The van der Waals surface area contributed by atoms with Crippen molar-refractivity contribution < 1.29 is 26.4 Å². The number of nitrogens with zero attached hydrogens (tertiary/aromatic N) is 1. The van der Waals surface area contributed by atoms with Crippen LogP contribution in [0.2, 0.25) is 0 Å². The van der Waals surface area contributed by atoms with Crippen molar-refractivity contribution in [3.05, 3.63) is 65.5 Å². The van der Waals surface area contributed by atoms with Gasteiger partial charge in [0.15, 0.2) is 11.6 Å². The van der Waals surface area contributed by atoms with Crippen molar-refractivity contribution in [3.63, 3.8) is 0 Å². The Morgan fingerprint density at radius 2 is 1.68 bits per heavy atom. The standard InChI is InChI=1S/C16H15F3N2O3S/c1-25(23,24)21(13-6-7-14(18)15(19)8-13)10-16(22)20-9-11-2-4-12(17)5-3-11/h2-8H,9-10H2,1H3,(H,20,22). The molecule has 0 saturated heterocycles. The maximum Gasteiger partial charge on any atom is 0.241 e. The molecule has 0 heterocycles. The molecule has 0 radical (unpaired) electrons. The summed E-state index contributed by atoms with van der Waals surface area (Å²) in [6, 6.07) is 7.94. The largest absolute Gasteiger partial charge is 0.350 e. The predicted molar refractivity (Wildman–Crippen MR) is 86.8 cm³/mol. The summed E-state index contributed by atoms with van der Waals surface area (Å²) in [7, 11) is -3.90. The number of benzene rings is 2. The second-order valence-corrected chi connectivity index (χ2v) is 7.18. The van der Waals surface area contributed by atoms with Gasteiger partial charge >= 0.3 is 0 Å². The van der Waals surface area contributed by atoms with Gasteiger partial charge in [0.05, 0.1) is 11.9 Å². The third-order valence-electron chi connectivity index (χ3n) is 3.28. The summed E-state index contributed by atoms with van der Waals surface area (Å²) in [6.07, 6.45) is 0.849. The van der Waals surface area contributed by atoms with Gasteiger partial charge in [0.2, 0.25) is 15.9 Å². The molecule has 0 bridgehead atoms. The number of carbonyl (C=O) groups is 1. The molecule has 0 atom stereocenters. The van der Waals surface area contributed by atoms with Crippen LogP contribution >= 0.6 is 0 Å². The summed E-state index contributed by atoms with van der Waals surface area (Å²) >= 11 is 0. The van der Waals surface area contributed by atoms with Crippen molar-refractivity contribution in [2.45, 2.75) is 6.54 Å². The highest BCUT2D eigenvalue weighted by atomic mass is 32.2. The maximum absolute atomic E-state index is 13.3. The summed E-state index contributed by atoms with van der Waals surface area (Å²) in [5.41, 5.74) is 0.451. The minimum atomic E-state index is -3.90. The quantitative estimate of drug-likeness (QED) is 0.845. The fourth-order valence-electron chi connectivity index (χ4n) is 2.03. The van der Waals surface area contributed by atoms with Crippen LogP contribution in [0.3, 0.4) is 0 Å². The van der Waals surface area contributed by atoms with E-state index in [-0.39, 0.29) is 12.2 Å². The van der Waals surface area contributed by atoms with Crippen LogP contribution in [0.4, 0.5) is 18.9 Å². The lowest BCUT2D eigenvalue weighted by molar-refractivity contribution is -0.119. The molecule has 0 aliphatic rings. The van der Waals surface area contributed by atoms with Gasteiger partial charge in [-0.2, -0.15) is 0 Å². The number of nitrogens with one attached hydrogen (secondary N) is 1. The molecule has 0 aliphatic carbocycles. The molecule has 0 spiro atoms. The number of hydrogen-bond acceptors (Lipinski definition) is 3. The van der Waals surface area contributed by atoms with E-state index in [1.54, 1.807) is 0 Å². The van der Waals surface area contributed by atoms with Crippen LogP contribution in [0, 0.1) is 17.5 Å². The normalized spacial score (nSPS) is 11.2. The van der Waals surface area contributed by atoms with Gasteiger partial charge in [0, 0.05) is 12.6 Å². The number of halogens is 3. The first-order valence-corrected chi connectivity index (χ1v) is 8.95. The summed E-state index contributed by atoms with van der Waals surface area (Å²) in [4.78, 5) is 12.0. The Morgan fingerprint density at radius 1 is 1.04 bits per heavy atom. The molecule has 5 nitrogen and oxygen atoms in total. The van der Waals surface area contributed by atoms with E-state index in [2.05, 4.69) is 5.32 Å². The van der Waals surface area contributed by atoms with Gasteiger partial charge in [-0.15, -0.1) is 0 Å². The second-order valence-electron chi connectivity index (χ2n) is 5.27. The monoisotopic (exact) mass is 372 g/mol. The van der Waals surface area contributed by atoms with Gasteiger partial charge in [-0.25, -0.2) is 21.6 Å². The van der Waals surface area contributed by atoms with E-state index in [0.717, 1.165) is 18.4 Å². The van der Waals surface area contributed by atoms with Gasteiger partial charge < -0.3 is 5.32 Å². The molecule has 0 aromatic heterocycles. The lowest BCUT2D eigenvalue weighted by Crippen LogP contribution is -2.40. The molecule has 2 rings (SSSR count). The zero-order valence-electron chi connectivity index (χ0n) is 13.2. The summed E-state index contributed by atoms with van der Waals surface area (Å²) in [5, 5.41) is 2.48. The van der Waals surface area contributed by atoms with Crippen LogP contribution < -0.4 is 9.62 Å². The van der Waals surface area contributed by atoms with Crippen LogP contribution in [-0.2, 0) is 21.4 Å². The van der Waals surface area contributed by atoms with Gasteiger partial charge in [-0.3, -0.25) is 9.10 Å². The number of amides is 1. The zero-order valence-corrected chi connectivity index (χ0v) is 14.0. The van der Waals surface area contributed by atoms with E-state index in [1.807, 2.05) is 0 Å². The van der Waals surface area contributed by atoms with Gasteiger partial charge in [0.25, 0.3) is 0 Å². The lowest BCUT2D eigenvalue weighted by Gasteiger charge is -2.22. The van der Waals surface area contributed by atoms with Crippen molar-refractivity contribution in [3.8, 4) is 0 Å². The van der Waals surface area contributed by atoms with Crippen LogP contribution in [0.5, 0.6) is 0 Å². The molecule has 0 aliphatic heterocycles. The Hall–Kier alpha value is -2.55. The number of carbonyl (C=O) groups excluding carboxylic acids is 1. The van der Waals surface area contributed by atoms with Crippen LogP contribution in [0.25, 0.3) is 0 Å². The average Bonchev–Trinajstić information content (AvgIpc) is 2.54. The molecular weight excluding hydrogens is 357 g/mol. The maximum atomic E-state index is 13.3. The predicted octanol–water partition coefficient (Wildman–Crippen LogP) is 2.19. The third kappa shape index (κ3) is 5.21.